The molecule has 0 nitrogen and oxygen atoms in total. The summed E-state index contributed by atoms with van der Waals surface area (Å²) in [6.07, 6.45) is 3.81. The van der Waals surface area contributed by atoms with Gasteiger partial charge in [0.2, 0.25) is 0 Å². The highest BCUT2D eigenvalue weighted by Crippen LogP contribution is 2.05. The molecule has 0 aliphatic rings. The van der Waals surface area contributed by atoms with Crippen molar-refractivity contribution in [2.75, 3.05) is 0 Å². The van der Waals surface area contributed by atoms with Gasteiger partial charge in [-0.15, -0.1) is 6.58 Å². The van der Waals surface area contributed by atoms with Gasteiger partial charge in [0.1, 0.15) is 0 Å². The Labute approximate surface area is 55.9 Å². The predicted molar refractivity (Wildman–Crippen MR) is 39.0 cm³/mol. The summed E-state index contributed by atoms with van der Waals surface area (Å²) < 4.78 is 0. The van der Waals surface area contributed by atoms with Crippen molar-refractivity contribution in [3.8, 4) is 0 Å². The molecule has 1 atom stereocenters. The molecule has 0 heterocycles. The molecule has 0 bridgehead atoms. The minimum atomic E-state index is 0.396. The van der Waals surface area contributed by atoms with Crippen molar-refractivity contribution in [1.82, 2.24) is 0 Å². The van der Waals surface area contributed by atoms with Crippen LogP contribution in [0.5, 0.6) is 0 Å². The third kappa shape index (κ3) is 3.94. The van der Waals surface area contributed by atoms with Crippen molar-refractivity contribution < 1.29 is 0 Å². The maximum atomic E-state index is 5.56. The second kappa shape index (κ2) is 3.73. The first-order valence-corrected chi connectivity index (χ1v) is 3.01. The van der Waals surface area contributed by atoms with Gasteiger partial charge < -0.3 is 0 Å². The Hall–Kier alpha value is -0.230. The van der Waals surface area contributed by atoms with Gasteiger partial charge in [-0.2, -0.15) is 0 Å². The molecular weight excluding hydrogens is 120 g/mol. The van der Waals surface area contributed by atoms with Gasteiger partial charge in [0.15, 0.2) is 0 Å². The molecule has 0 saturated heterocycles. The molecule has 0 aliphatic heterocycles. The van der Waals surface area contributed by atoms with E-state index in [1.165, 1.54) is 0 Å². The molecule has 1 heteroatoms. The third-order valence-corrected chi connectivity index (χ3v) is 0.990. The van der Waals surface area contributed by atoms with Gasteiger partial charge >= 0.3 is 0 Å². The molecule has 0 spiro atoms. The van der Waals surface area contributed by atoms with Crippen molar-refractivity contribution in [1.29, 1.82) is 0 Å². The molecule has 8 heavy (non-hydrogen) atoms. The number of hydrogen-bond acceptors (Lipinski definition) is 0. The average molecular weight is 131 g/mol. The maximum Gasteiger partial charge on any atom is 0.0116 e. The van der Waals surface area contributed by atoms with Crippen LogP contribution in [0, 0.1) is 5.92 Å². The van der Waals surface area contributed by atoms with Gasteiger partial charge in [-0.05, 0) is 12.8 Å². The van der Waals surface area contributed by atoms with Gasteiger partial charge in [-0.25, -0.2) is 0 Å². The summed E-state index contributed by atoms with van der Waals surface area (Å²) in [6.45, 7) is 7.51. The lowest BCUT2D eigenvalue weighted by molar-refractivity contribution is 0.938. The van der Waals surface area contributed by atoms with Gasteiger partial charge in [-0.3, -0.25) is 0 Å². The monoisotopic (exact) mass is 130 g/mol. The van der Waals surface area contributed by atoms with Gasteiger partial charge in [0.05, 0.1) is 0 Å². The Balaban J connectivity index is 3.68. The second-order valence-corrected chi connectivity index (χ2v) is 2.44. The first-order valence-electron chi connectivity index (χ1n) is 2.63. The summed E-state index contributed by atoms with van der Waals surface area (Å²) in [7, 11) is 0. The zero-order valence-corrected chi connectivity index (χ0v) is 6.07. The Morgan fingerprint density at radius 1 is 1.75 bits per heavy atom. The summed E-state index contributed by atoms with van der Waals surface area (Å²) in [5.41, 5.74) is 0. The fourth-order valence-corrected chi connectivity index (χ4v) is 0.629. The average Bonchev–Trinajstić information content (AvgIpc) is 1.65. The number of hydrogen-bond donors (Lipinski definition) is 0. The molecule has 0 N–H and O–H groups in total. The van der Waals surface area contributed by atoms with Crippen LogP contribution in [0.1, 0.15) is 13.8 Å². The third-order valence-electron chi connectivity index (χ3n) is 0.864. The van der Waals surface area contributed by atoms with Crippen LogP contribution in [-0.2, 0) is 0 Å². The van der Waals surface area contributed by atoms with Crippen molar-refractivity contribution in [2.45, 2.75) is 13.8 Å². The highest BCUT2D eigenvalue weighted by Gasteiger charge is 1.87. The van der Waals surface area contributed by atoms with E-state index in [-0.39, 0.29) is 0 Å². The number of rotatable bonds is 2. The summed E-state index contributed by atoms with van der Waals surface area (Å²) in [6, 6.07) is 0. The summed E-state index contributed by atoms with van der Waals surface area (Å²) in [5, 5.41) is 0.831. The van der Waals surface area contributed by atoms with E-state index in [0.717, 1.165) is 5.03 Å². The Bertz CT molecular complexity index is 99.0. The molecule has 0 aliphatic carbocycles. The quantitative estimate of drug-likeness (QED) is 0.505. The zero-order valence-electron chi connectivity index (χ0n) is 5.32. The molecule has 0 aromatic heterocycles. The molecule has 46 valence electrons. The van der Waals surface area contributed by atoms with Crippen LogP contribution in [0.4, 0.5) is 0 Å². The van der Waals surface area contributed by atoms with E-state index in [9.17, 15) is 0 Å². The van der Waals surface area contributed by atoms with E-state index in [4.69, 9.17) is 11.6 Å². The van der Waals surface area contributed by atoms with Crippen LogP contribution < -0.4 is 0 Å². The maximum absolute atomic E-state index is 5.56. The van der Waals surface area contributed by atoms with E-state index in [1.54, 1.807) is 0 Å². The SMILES string of the molecule is C=CC(C)C=C(C)Cl. The smallest absolute Gasteiger partial charge is 0.0116 e. The minimum absolute atomic E-state index is 0.396. The van der Waals surface area contributed by atoms with Crippen molar-refractivity contribution in [3.63, 3.8) is 0 Å². The summed E-state index contributed by atoms with van der Waals surface area (Å²) in [5.74, 6) is 0.396. The normalized spacial score (nSPS) is 15.6. The van der Waals surface area contributed by atoms with Crippen LogP contribution in [0.3, 0.4) is 0 Å². The lowest BCUT2D eigenvalue weighted by Gasteiger charge is -1.94. The van der Waals surface area contributed by atoms with Crippen LogP contribution in [0.15, 0.2) is 23.8 Å². The summed E-state index contributed by atoms with van der Waals surface area (Å²) in [4.78, 5) is 0. The molecule has 0 saturated carbocycles. The highest BCUT2D eigenvalue weighted by molar-refractivity contribution is 6.29. The largest absolute Gasteiger partial charge is 0.102 e. The predicted octanol–water partition coefficient (Wildman–Crippen LogP) is 2.95. The molecule has 1 unspecified atom stereocenters. The number of allylic oxidation sites excluding steroid dienone is 3. The minimum Gasteiger partial charge on any atom is -0.102 e. The lowest BCUT2D eigenvalue weighted by atomic mass is 10.2. The Morgan fingerprint density at radius 2 is 2.25 bits per heavy atom. The zero-order chi connectivity index (χ0) is 6.57. The van der Waals surface area contributed by atoms with E-state index in [1.807, 2.05) is 26.0 Å². The van der Waals surface area contributed by atoms with Crippen LogP contribution >= 0.6 is 11.6 Å². The summed E-state index contributed by atoms with van der Waals surface area (Å²) >= 11 is 5.56. The molecule has 0 amide bonds. The Morgan fingerprint density at radius 3 is 2.38 bits per heavy atom. The Kier molecular flexibility index (Phi) is 3.63. The highest BCUT2D eigenvalue weighted by atomic mass is 35.5. The molecule has 0 radical (unpaired) electrons. The van der Waals surface area contributed by atoms with E-state index in [0.29, 0.717) is 5.92 Å². The first kappa shape index (κ1) is 7.77. The second-order valence-electron chi connectivity index (χ2n) is 1.85. The van der Waals surface area contributed by atoms with E-state index >= 15 is 0 Å². The molecule has 0 aromatic carbocycles. The number of halogens is 1. The van der Waals surface area contributed by atoms with Gasteiger partial charge in [-0.1, -0.05) is 30.7 Å². The van der Waals surface area contributed by atoms with E-state index in [2.05, 4.69) is 6.58 Å². The molecule has 0 rings (SSSR count). The standard InChI is InChI=1S/C7H11Cl/c1-4-6(2)5-7(3)8/h4-6H,1H2,2-3H3. The fourth-order valence-electron chi connectivity index (χ4n) is 0.430. The van der Waals surface area contributed by atoms with Crippen LogP contribution in [-0.4, -0.2) is 0 Å². The van der Waals surface area contributed by atoms with Crippen LogP contribution in [0.25, 0.3) is 0 Å². The topological polar surface area (TPSA) is 0 Å². The first-order chi connectivity index (χ1) is 3.66. The molecule has 0 fully saturated rings. The van der Waals surface area contributed by atoms with Crippen molar-refractivity contribution >= 4 is 11.6 Å². The molecular formula is C7H11Cl. The van der Waals surface area contributed by atoms with Gasteiger partial charge in [0, 0.05) is 5.03 Å². The van der Waals surface area contributed by atoms with Crippen molar-refractivity contribution in [2.24, 2.45) is 5.92 Å². The lowest BCUT2D eigenvalue weighted by Crippen LogP contribution is -1.79. The van der Waals surface area contributed by atoms with E-state index < -0.39 is 0 Å². The fraction of sp³-hybridized carbons (Fsp3) is 0.429. The molecule has 0 aromatic rings. The van der Waals surface area contributed by atoms with Crippen LogP contribution in [0.2, 0.25) is 0 Å². The van der Waals surface area contributed by atoms with Gasteiger partial charge in [0.25, 0.3) is 0 Å². The van der Waals surface area contributed by atoms with Crippen molar-refractivity contribution in [3.05, 3.63) is 23.8 Å².